The van der Waals surface area contributed by atoms with E-state index in [4.69, 9.17) is 0 Å². The topological polar surface area (TPSA) is 89.3 Å². The Labute approximate surface area is 123 Å². The van der Waals surface area contributed by atoms with E-state index in [1.54, 1.807) is 0 Å². The SMILES string of the molecule is O=[N+]([O-])c1cccc(S(=O)(=O)NC[C@@H]2C[C@H]3CC[C@@H]2C3)c1. The van der Waals surface area contributed by atoms with Gasteiger partial charge >= 0.3 is 0 Å². The van der Waals surface area contributed by atoms with Crippen LogP contribution in [0.5, 0.6) is 0 Å². The summed E-state index contributed by atoms with van der Waals surface area (Å²) in [5.74, 6) is 1.82. The molecule has 0 amide bonds. The molecule has 0 radical (unpaired) electrons. The zero-order chi connectivity index (χ0) is 15.0. The number of rotatable bonds is 5. The lowest BCUT2D eigenvalue weighted by atomic mass is 9.89. The molecule has 0 heterocycles. The zero-order valence-electron chi connectivity index (χ0n) is 11.6. The highest BCUT2D eigenvalue weighted by Crippen LogP contribution is 2.48. The van der Waals surface area contributed by atoms with Crippen molar-refractivity contribution in [3.05, 3.63) is 34.4 Å². The Bertz CT molecular complexity index is 659. The second kappa shape index (κ2) is 5.38. The van der Waals surface area contributed by atoms with Crippen LogP contribution in [-0.2, 0) is 10.0 Å². The van der Waals surface area contributed by atoms with Crippen molar-refractivity contribution in [2.75, 3.05) is 6.54 Å². The van der Waals surface area contributed by atoms with Crippen molar-refractivity contribution >= 4 is 15.7 Å². The molecule has 2 aliphatic carbocycles. The molecule has 1 aromatic rings. The smallest absolute Gasteiger partial charge is 0.258 e. The van der Waals surface area contributed by atoms with Crippen molar-refractivity contribution in [1.29, 1.82) is 0 Å². The molecule has 2 bridgehead atoms. The van der Waals surface area contributed by atoms with E-state index in [1.165, 1.54) is 37.5 Å². The Morgan fingerprint density at radius 2 is 2.10 bits per heavy atom. The first-order valence-corrected chi connectivity index (χ1v) is 8.68. The lowest BCUT2D eigenvalue weighted by molar-refractivity contribution is -0.385. The number of nitrogens with zero attached hydrogens (tertiary/aromatic N) is 1. The molecule has 114 valence electrons. The minimum atomic E-state index is -3.68. The molecule has 0 unspecified atom stereocenters. The third-order valence-electron chi connectivity index (χ3n) is 4.76. The standard InChI is InChI=1S/C14H18N2O4S/c17-16(18)13-2-1-3-14(8-13)21(19,20)15-9-12-7-10-4-5-11(12)6-10/h1-3,8,10-12,15H,4-7,9H2/t10-,11+,12-/m0/s1. The molecule has 1 N–H and O–H groups in total. The first kappa shape index (κ1) is 14.5. The van der Waals surface area contributed by atoms with E-state index in [0.717, 1.165) is 18.4 Å². The van der Waals surface area contributed by atoms with Crippen LogP contribution in [0.2, 0.25) is 0 Å². The van der Waals surface area contributed by atoms with Gasteiger partial charge in [-0.1, -0.05) is 12.5 Å². The van der Waals surface area contributed by atoms with E-state index in [-0.39, 0.29) is 10.6 Å². The normalized spacial score (nSPS) is 27.9. The molecule has 2 aliphatic rings. The fraction of sp³-hybridized carbons (Fsp3) is 0.571. The summed E-state index contributed by atoms with van der Waals surface area (Å²) in [5, 5.41) is 10.7. The molecular formula is C14H18N2O4S. The molecular weight excluding hydrogens is 292 g/mol. The number of hydrogen-bond acceptors (Lipinski definition) is 4. The molecule has 3 atom stereocenters. The van der Waals surface area contributed by atoms with E-state index in [1.807, 2.05) is 0 Å². The van der Waals surface area contributed by atoms with Crippen LogP contribution < -0.4 is 4.72 Å². The summed E-state index contributed by atoms with van der Waals surface area (Å²) in [5.41, 5.74) is -0.210. The predicted molar refractivity (Wildman–Crippen MR) is 77.2 cm³/mol. The second-order valence-corrected chi connectivity index (χ2v) is 7.81. The average Bonchev–Trinajstić information content (AvgIpc) is 3.08. The maximum atomic E-state index is 12.2. The predicted octanol–water partition coefficient (Wildman–Crippen LogP) is 2.31. The van der Waals surface area contributed by atoms with Crippen LogP contribution in [0.3, 0.4) is 0 Å². The maximum Gasteiger partial charge on any atom is 0.270 e. The first-order valence-electron chi connectivity index (χ1n) is 7.20. The quantitative estimate of drug-likeness (QED) is 0.667. The molecule has 3 rings (SSSR count). The molecule has 0 aromatic heterocycles. The number of benzene rings is 1. The van der Waals surface area contributed by atoms with Crippen LogP contribution in [-0.4, -0.2) is 19.9 Å². The van der Waals surface area contributed by atoms with Gasteiger partial charge in [0.1, 0.15) is 0 Å². The van der Waals surface area contributed by atoms with E-state index < -0.39 is 14.9 Å². The van der Waals surface area contributed by atoms with Crippen molar-refractivity contribution in [3.63, 3.8) is 0 Å². The van der Waals surface area contributed by atoms with E-state index in [9.17, 15) is 18.5 Å². The van der Waals surface area contributed by atoms with Gasteiger partial charge in [0.05, 0.1) is 9.82 Å². The molecule has 21 heavy (non-hydrogen) atoms. The Kier molecular flexibility index (Phi) is 3.71. The number of nitro groups is 1. The number of nitro benzene ring substituents is 1. The largest absolute Gasteiger partial charge is 0.270 e. The summed E-state index contributed by atoms with van der Waals surface area (Å²) in [4.78, 5) is 10.1. The lowest BCUT2D eigenvalue weighted by Gasteiger charge is -2.21. The summed E-state index contributed by atoms with van der Waals surface area (Å²) < 4.78 is 27.1. The second-order valence-electron chi connectivity index (χ2n) is 6.04. The molecule has 6 nitrogen and oxygen atoms in total. The van der Waals surface area contributed by atoms with E-state index in [2.05, 4.69) is 4.72 Å². The molecule has 1 aromatic carbocycles. The Hall–Kier alpha value is -1.47. The number of non-ortho nitro benzene ring substituents is 1. The van der Waals surface area contributed by atoms with Gasteiger partial charge in [-0.2, -0.15) is 0 Å². The number of nitrogens with one attached hydrogen (secondary N) is 1. The summed E-state index contributed by atoms with van der Waals surface area (Å²) in [6.07, 6.45) is 4.80. The summed E-state index contributed by atoms with van der Waals surface area (Å²) in [6.45, 7) is 0.437. The minimum Gasteiger partial charge on any atom is -0.258 e. The van der Waals surface area contributed by atoms with Gasteiger partial charge < -0.3 is 0 Å². The lowest BCUT2D eigenvalue weighted by Crippen LogP contribution is -2.31. The molecule has 0 saturated heterocycles. The molecule has 7 heteroatoms. The van der Waals surface area contributed by atoms with Crippen LogP contribution in [0.15, 0.2) is 29.2 Å². The summed E-state index contributed by atoms with van der Waals surface area (Å²) in [6, 6.07) is 5.17. The van der Waals surface area contributed by atoms with Gasteiger partial charge in [0.15, 0.2) is 0 Å². The van der Waals surface area contributed by atoms with Gasteiger partial charge in [-0.25, -0.2) is 13.1 Å². The fourth-order valence-corrected chi connectivity index (χ4v) is 4.82. The van der Waals surface area contributed by atoms with Gasteiger partial charge in [0.25, 0.3) is 5.69 Å². The highest BCUT2D eigenvalue weighted by Gasteiger charge is 2.39. The summed E-state index contributed by atoms with van der Waals surface area (Å²) >= 11 is 0. The van der Waals surface area contributed by atoms with Gasteiger partial charge in [-0.3, -0.25) is 10.1 Å². The number of sulfonamides is 1. The Morgan fingerprint density at radius 1 is 1.29 bits per heavy atom. The molecule has 0 spiro atoms. The van der Waals surface area contributed by atoms with E-state index in [0.29, 0.717) is 18.4 Å². The van der Waals surface area contributed by atoms with Crippen LogP contribution in [0.1, 0.15) is 25.7 Å². The van der Waals surface area contributed by atoms with Gasteiger partial charge in [0.2, 0.25) is 10.0 Å². The van der Waals surface area contributed by atoms with Crippen LogP contribution in [0.25, 0.3) is 0 Å². The average molecular weight is 310 g/mol. The minimum absolute atomic E-state index is 0.0418. The van der Waals surface area contributed by atoms with Gasteiger partial charge in [-0.05, 0) is 43.1 Å². The van der Waals surface area contributed by atoms with Crippen LogP contribution in [0.4, 0.5) is 5.69 Å². The van der Waals surface area contributed by atoms with Gasteiger partial charge in [0, 0.05) is 18.7 Å². The van der Waals surface area contributed by atoms with Crippen molar-refractivity contribution < 1.29 is 13.3 Å². The van der Waals surface area contributed by atoms with E-state index >= 15 is 0 Å². The third-order valence-corrected chi connectivity index (χ3v) is 6.18. The third kappa shape index (κ3) is 2.94. The maximum absolute atomic E-state index is 12.2. The Morgan fingerprint density at radius 3 is 2.71 bits per heavy atom. The molecule has 2 fully saturated rings. The molecule has 2 saturated carbocycles. The highest BCUT2D eigenvalue weighted by molar-refractivity contribution is 7.89. The van der Waals surface area contributed by atoms with Crippen molar-refractivity contribution in [2.24, 2.45) is 17.8 Å². The van der Waals surface area contributed by atoms with Crippen molar-refractivity contribution in [1.82, 2.24) is 4.72 Å². The highest BCUT2D eigenvalue weighted by atomic mass is 32.2. The van der Waals surface area contributed by atoms with Crippen LogP contribution in [0, 0.1) is 27.9 Å². The Balaban J connectivity index is 1.69. The molecule has 0 aliphatic heterocycles. The number of fused-ring (bicyclic) bond motifs is 2. The fourth-order valence-electron chi connectivity index (χ4n) is 3.69. The monoisotopic (exact) mass is 310 g/mol. The van der Waals surface area contributed by atoms with Crippen molar-refractivity contribution in [2.45, 2.75) is 30.6 Å². The first-order chi connectivity index (χ1) is 9.95. The van der Waals surface area contributed by atoms with Crippen LogP contribution >= 0.6 is 0 Å². The number of hydrogen-bond donors (Lipinski definition) is 1. The summed E-state index contributed by atoms with van der Waals surface area (Å²) in [7, 11) is -3.68. The van der Waals surface area contributed by atoms with Gasteiger partial charge in [-0.15, -0.1) is 0 Å². The zero-order valence-corrected chi connectivity index (χ0v) is 12.4. The van der Waals surface area contributed by atoms with Crippen molar-refractivity contribution in [3.8, 4) is 0 Å².